The molecule has 2 N–H and O–H groups in total. The fourth-order valence-corrected chi connectivity index (χ4v) is 8.31. The molecule has 2 atom stereocenters. The predicted octanol–water partition coefficient (Wildman–Crippen LogP) is 2.50. The minimum Gasteiger partial charge on any atom is -0.299 e. The van der Waals surface area contributed by atoms with Crippen LogP contribution in [-0.4, -0.2) is 66.0 Å². The Balaban J connectivity index is 1.12. The number of aromatic nitrogens is 1. The molecule has 6 rings (SSSR count). The Hall–Kier alpha value is -2.33. The summed E-state index contributed by atoms with van der Waals surface area (Å²) in [5, 5.41) is 7.10. The summed E-state index contributed by atoms with van der Waals surface area (Å²) in [6.07, 6.45) is 9.02. The highest BCUT2D eigenvalue weighted by molar-refractivity contribution is 7.90. The topological polar surface area (TPSA) is 95.8 Å². The monoisotopic (exact) mass is 509 g/mol. The number of fused-ring (bicyclic) bond motifs is 1. The van der Waals surface area contributed by atoms with E-state index < -0.39 is 10.0 Å². The van der Waals surface area contributed by atoms with Crippen LogP contribution in [0.3, 0.4) is 0 Å². The largest absolute Gasteiger partial charge is 0.299 e. The number of aliphatic imine (C=N–C) groups is 1. The Morgan fingerprint density at radius 2 is 1.78 bits per heavy atom. The zero-order valence-electron chi connectivity index (χ0n) is 20.9. The molecule has 8 nitrogen and oxygen atoms in total. The number of nitrogens with zero attached hydrogens (tertiary/aromatic N) is 3. The van der Waals surface area contributed by atoms with E-state index in [0.717, 1.165) is 36.8 Å². The van der Waals surface area contributed by atoms with Gasteiger partial charge in [-0.05, 0) is 45.1 Å². The van der Waals surface area contributed by atoms with Crippen molar-refractivity contribution in [3.63, 3.8) is 0 Å². The van der Waals surface area contributed by atoms with E-state index in [-0.39, 0.29) is 40.7 Å². The van der Waals surface area contributed by atoms with Gasteiger partial charge in [0.25, 0.3) is 0 Å². The van der Waals surface area contributed by atoms with Crippen LogP contribution >= 0.6 is 0 Å². The quantitative estimate of drug-likeness (QED) is 0.598. The van der Waals surface area contributed by atoms with Gasteiger partial charge in [0, 0.05) is 60.3 Å². The molecule has 0 spiro atoms. The van der Waals surface area contributed by atoms with Gasteiger partial charge in [-0.2, -0.15) is 4.31 Å². The first kappa shape index (κ1) is 24.0. The average molecular weight is 510 g/mol. The minimum atomic E-state index is -3.16. The van der Waals surface area contributed by atoms with Gasteiger partial charge >= 0.3 is 0 Å². The number of hydrogen-bond acceptors (Lipinski definition) is 6. The molecular weight excluding hydrogens is 474 g/mol. The van der Waals surface area contributed by atoms with E-state index in [4.69, 9.17) is 0 Å². The van der Waals surface area contributed by atoms with E-state index in [9.17, 15) is 13.2 Å². The molecule has 0 amide bonds. The van der Waals surface area contributed by atoms with Crippen LogP contribution in [-0.2, 0) is 22.0 Å². The van der Waals surface area contributed by atoms with Crippen molar-refractivity contribution in [2.24, 2.45) is 10.9 Å². The van der Waals surface area contributed by atoms with Gasteiger partial charge in [-0.25, -0.2) is 8.42 Å². The van der Waals surface area contributed by atoms with Crippen LogP contribution in [0.1, 0.15) is 61.0 Å². The molecule has 4 aliphatic rings. The lowest BCUT2D eigenvalue weighted by atomic mass is 9.71. The summed E-state index contributed by atoms with van der Waals surface area (Å²) in [5.41, 5.74) is 3.17. The number of benzene rings is 1. The number of carbonyl (C=O) groups is 1. The Kier molecular flexibility index (Phi) is 5.94. The van der Waals surface area contributed by atoms with E-state index in [1.165, 1.54) is 5.56 Å². The number of rotatable bonds is 7. The zero-order chi connectivity index (χ0) is 25.1. The molecule has 192 valence electrons. The summed E-state index contributed by atoms with van der Waals surface area (Å²) < 4.78 is 29.0. The predicted molar refractivity (Wildman–Crippen MR) is 140 cm³/mol. The lowest BCUT2D eigenvalue weighted by Crippen LogP contribution is -2.65. The molecule has 1 aromatic carbocycles. The van der Waals surface area contributed by atoms with Crippen molar-refractivity contribution in [1.29, 1.82) is 0 Å². The minimum absolute atomic E-state index is 0.0190. The normalized spacial score (nSPS) is 29.6. The molecule has 9 heteroatoms. The van der Waals surface area contributed by atoms with Crippen molar-refractivity contribution in [3.8, 4) is 0 Å². The van der Waals surface area contributed by atoms with Gasteiger partial charge < -0.3 is 0 Å². The third kappa shape index (κ3) is 4.16. The second-order valence-corrected chi connectivity index (χ2v) is 13.4. The van der Waals surface area contributed by atoms with Gasteiger partial charge in [0.1, 0.15) is 0 Å². The maximum absolute atomic E-state index is 13.4. The average Bonchev–Trinajstić information content (AvgIpc) is 3.47. The maximum Gasteiger partial charge on any atom is 0.236 e. The van der Waals surface area contributed by atoms with Crippen LogP contribution in [0.25, 0.3) is 0 Å². The first-order valence-corrected chi connectivity index (χ1v) is 14.6. The van der Waals surface area contributed by atoms with Crippen molar-refractivity contribution in [2.75, 3.05) is 13.1 Å². The first-order valence-electron chi connectivity index (χ1n) is 13.1. The second kappa shape index (κ2) is 8.90. The summed E-state index contributed by atoms with van der Waals surface area (Å²) >= 11 is 0. The maximum atomic E-state index is 13.4. The number of hydrogen-bond donors (Lipinski definition) is 2. The van der Waals surface area contributed by atoms with Crippen molar-refractivity contribution in [2.45, 2.75) is 75.0 Å². The third-order valence-corrected chi connectivity index (χ3v) is 10.8. The van der Waals surface area contributed by atoms with E-state index in [1.54, 1.807) is 8.87 Å². The van der Waals surface area contributed by atoms with Crippen LogP contribution in [0.2, 0.25) is 0 Å². The standard InChI is InChI=1S/C27H35N5O3S/c1-18-25(26(33)31-14-20-12-28-13-21(20)15-31)19(2)30-24(29-18)10-11-27(22-6-4-3-5-7-22)16-32(17-27)36(34,35)23-8-9-23/h3-7,12,14-15,18-19,23-25,29-30H,8-11,13,16-17H2,1-2H3. The Morgan fingerprint density at radius 1 is 1.08 bits per heavy atom. The smallest absolute Gasteiger partial charge is 0.236 e. The summed E-state index contributed by atoms with van der Waals surface area (Å²) in [5.74, 6) is -0.0893. The molecule has 2 aromatic rings. The third-order valence-electron chi connectivity index (χ3n) is 8.54. The van der Waals surface area contributed by atoms with Gasteiger partial charge in [-0.15, -0.1) is 0 Å². The summed E-state index contributed by atoms with van der Waals surface area (Å²) in [4.78, 5) is 17.6. The molecule has 0 bridgehead atoms. The van der Waals surface area contributed by atoms with Crippen LogP contribution in [0, 0.1) is 5.92 Å². The zero-order valence-corrected chi connectivity index (χ0v) is 21.7. The molecular formula is C27H35N5O3S. The summed E-state index contributed by atoms with van der Waals surface area (Å²) in [6, 6.07) is 10.4. The van der Waals surface area contributed by atoms with Crippen molar-refractivity contribution in [1.82, 2.24) is 19.5 Å². The van der Waals surface area contributed by atoms with Gasteiger partial charge in [-0.1, -0.05) is 30.3 Å². The summed E-state index contributed by atoms with van der Waals surface area (Å²) in [7, 11) is -3.16. The van der Waals surface area contributed by atoms with E-state index >= 15 is 0 Å². The number of sulfonamides is 1. The highest BCUT2D eigenvalue weighted by Gasteiger charge is 2.53. The summed E-state index contributed by atoms with van der Waals surface area (Å²) in [6.45, 7) is 5.93. The molecule has 1 aliphatic carbocycles. The Labute approximate surface area is 213 Å². The second-order valence-electron chi connectivity index (χ2n) is 11.1. The molecule has 1 saturated carbocycles. The van der Waals surface area contributed by atoms with Crippen molar-refractivity contribution >= 4 is 22.1 Å². The van der Waals surface area contributed by atoms with Crippen LogP contribution < -0.4 is 10.6 Å². The lowest BCUT2D eigenvalue weighted by Gasteiger charge is -2.51. The SMILES string of the molecule is CC1NC(CCC2(c3ccccc3)CN(S(=O)(=O)C3CC3)C2)NC(C)C1C(=O)n1cc2c(c1)CN=C2. The molecule has 3 aliphatic heterocycles. The fourth-order valence-electron chi connectivity index (χ4n) is 6.30. The van der Waals surface area contributed by atoms with E-state index in [2.05, 4.69) is 41.6 Å². The van der Waals surface area contributed by atoms with Crippen molar-refractivity contribution in [3.05, 3.63) is 59.4 Å². The van der Waals surface area contributed by atoms with Gasteiger partial charge in [0.2, 0.25) is 15.9 Å². The lowest BCUT2D eigenvalue weighted by molar-refractivity contribution is 0.0678. The molecule has 2 saturated heterocycles. The van der Waals surface area contributed by atoms with Crippen LogP contribution in [0.15, 0.2) is 47.7 Å². The van der Waals surface area contributed by atoms with Gasteiger partial charge in [-0.3, -0.25) is 25.0 Å². The first-order chi connectivity index (χ1) is 17.3. The molecule has 4 heterocycles. The Morgan fingerprint density at radius 3 is 2.42 bits per heavy atom. The molecule has 2 unspecified atom stereocenters. The van der Waals surface area contributed by atoms with Gasteiger partial charge in [0.15, 0.2) is 0 Å². The number of carbonyl (C=O) groups excluding carboxylic acids is 1. The highest BCUT2D eigenvalue weighted by Crippen LogP contribution is 2.44. The molecule has 0 radical (unpaired) electrons. The van der Waals surface area contributed by atoms with Crippen LogP contribution in [0.4, 0.5) is 0 Å². The Bertz CT molecular complexity index is 1270. The molecule has 3 fully saturated rings. The van der Waals surface area contributed by atoms with Crippen LogP contribution in [0.5, 0.6) is 0 Å². The molecule has 1 aromatic heterocycles. The fraction of sp³-hybridized carbons (Fsp3) is 0.556. The molecule has 36 heavy (non-hydrogen) atoms. The highest BCUT2D eigenvalue weighted by atomic mass is 32.2. The number of nitrogens with one attached hydrogen (secondary N) is 2. The van der Waals surface area contributed by atoms with Gasteiger partial charge in [0.05, 0.1) is 23.9 Å². The van der Waals surface area contributed by atoms with Crippen molar-refractivity contribution < 1.29 is 13.2 Å². The van der Waals surface area contributed by atoms with E-state index in [0.29, 0.717) is 19.6 Å². The van der Waals surface area contributed by atoms with E-state index in [1.807, 2.05) is 36.8 Å².